The number of halogens is 1. The van der Waals surface area contributed by atoms with E-state index >= 15 is 0 Å². The molecule has 19 heavy (non-hydrogen) atoms. The van der Waals surface area contributed by atoms with Crippen LogP contribution in [0.2, 0.25) is 0 Å². The molecule has 1 heterocycles. The van der Waals surface area contributed by atoms with E-state index in [4.69, 9.17) is 5.73 Å². The standard InChI is InChI=1S/C14H20FN3O/c15-7-11(8-16)9-18-6-5-12(10-18)14(19)17-13-3-1-2-4-13/h5-7,10,13H,1-4,8-9,16H2,(H,17,19)/b11-7+. The molecule has 1 amide bonds. The zero-order valence-electron chi connectivity index (χ0n) is 10.9. The number of nitrogens with zero attached hydrogens (tertiary/aromatic N) is 1. The van der Waals surface area contributed by atoms with Crippen LogP contribution in [0.1, 0.15) is 36.0 Å². The Balaban J connectivity index is 1.94. The zero-order chi connectivity index (χ0) is 13.7. The number of aromatic nitrogens is 1. The van der Waals surface area contributed by atoms with Gasteiger partial charge in [0.25, 0.3) is 5.91 Å². The monoisotopic (exact) mass is 265 g/mol. The number of carbonyl (C=O) groups excluding carboxylic acids is 1. The van der Waals surface area contributed by atoms with Crippen molar-refractivity contribution < 1.29 is 9.18 Å². The van der Waals surface area contributed by atoms with Gasteiger partial charge in [-0.2, -0.15) is 0 Å². The van der Waals surface area contributed by atoms with Crippen molar-refractivity contribution in [3.63, 3.8) is 0 Å². The predicted molar refractivity (Wildman–Crippen MR) is 72.4 cm³/mol. The lowest BCUT2D eigenvalue weighted by Crippen LogP contribution is -2.32. The van der Waals surface area contributed by atoms with Crippen LogP contribution in [0.3, 0.4) is 0 Å². The number of rotatable bonds is 5. The highest BCUT2D eigenvalue weighted by Crippen LogP contribution is 2.18. The van der Waals surface area contributed by atoms with Crippen molar-refractivity contribution in [2.24, 2.45) is 5.73 Å². The molecule has 0 aliphatic heterocycles. The highest BCUT2D eigenvalue weighted by atomic mass is 19.1. The van der Waals surface area contributed by atoms with Crippen molar-refractivity contribution in [2.45, 2.75) is 38.3 Å². The van der Waals surface area contributed by atoms with Gasteiger partial charge in [-0.25, -0.2) is 4.39 Å². The van der Waals surface area contributed by atoms with Crippen LogP contribution in [0.15, 0.2) is 30.4 Å². The van der Waals surface area contributed by atoms with Gasteiger partial charge in [-0.1, -0.05) is 12.8 Å². The fourth-order valence-electron chi connectivity index (χ4n) is 2.39. The molecular weight excluding hydrogens is 245 g/mol. The van der Waals surface area contributed by atoms with Gasteiger partial charge in [0.1, 0.15) is 0 Å². The molecule has 1 aliphatic carbocycles. The van der Waals surface area contributed by atoms with Crippen LogP contribution in [0.25, 0.3) is 0 Å². The highest BCUT2D eigenvalue weighted by Gasteiger charge is 2.18. The van der Waals surface area contributed by atoms with E-state index in [0.717, 1.165) is 12.8 Å². The van der Waals surface area contributed by atoms with Crippen molar-refractivity contribution in [1.29, 1.82) is 0 Å². The van der Waals surface area contributed by atoms with Gasteiger partial charge in [-0.3, -0.25) is 4.79 Å². The number of amides is 1. The number of carbonyl (C=O) groups is 1. The molecule has 3 N–H and O–H groups in total. The molecule has 1 aromatic heterocycles. The van der Waals surface area contributed by atoms with Crippen molar-refractivity contribution in [1.82, 2.24) is 9.88 Å². The number of nitrogens with one attached hydrogen (secondary N) is 1. The molecule has 5 heteroatoms. The molecule has 104 valence electrons. The third-order valence-electron chi connectivity index (χ3n) is 3.51. The summed E-state index contributed by atoms with van der Waals surface area (Å²) in [5.41, 5.74) is 6.52. The Morgan fingerprint density at radius 2 is 2.26 bits per heavy atom. The lowest BCUT2D eigenvalue weighted by molar-refractivity contribution is 0.0938. The van der Waals surface area contributed by atoms with Gasteiger partial charge in [-0.15, -0.1) is 0 Å². The first-order chi connectivity index (χ1) is 9.22. The van der Waals surface area contributed by atoms with Crippen molar-refractivity contribution in [2.75, 3.05) is 6.54 Å². The molecule has 0 atom stereocenters. The third kappa shape index (κ3) is 3.67. The minimum atomic E-state index is -0.0517. The lowest BCUT2D eigenvalue weighted by Gasteiger charge is -2.10. The summed E-state index contributed by atoms with van der Waals surface area (Å²) in [6.07, 6.45) is 8.52. The smallest absolute Gasteiger partial charge is 0.253 e. The van der Waals surface area contributed by atoms with Gasteiger partial charge in [0.15, 0.2) is 0 Å². The molecule has 0 radical (unpaired) electrons. The SMILES string of the molecule is NC/C(=C\F)Cn1ccc(C(=O)NC2CCCC2)c1. The summed E-state index contributed by atoms with van der Waals surface area (Å²) in [6, 6.07) is 2.05. The van der Waals surface area contributed by atoms with Crippen LogP contribution >= 0.6 is 0 Å². The van der Waals surface area contributed by atoms with E-state index in [1.807, 2.05) is 0 Å². The molecule has 0 unspecified atom stereocenters. The molecule has 0 bridgehead atoms. The number of hydrogen-bond acceptors (Lipinski definition) is 2. The molecule has 1 fully saturated rings. The maximum absolute atomic E-state index is 12.4. The first kappa shape index (κ1) is 13.8. The number of hydrogen-bond donors (Lipinski definition) is 2. The van der Waals surface area contributed by atoms with Gasteiger partial charge >= 0.3 is 0 Å². The molecule has 4 nitrogen and oxygen atoms in total. The van der Waals surface area contributed by atoms with Crippen LogP contribution in [0.4, 0.5) is 4.39 Å². The average molecular weight is 265 g/mol. The minimum absolute atomic E-state index is 0.0517. The minimum Gasteiger partial charge on any atom is -0.349 e. The quantitative estimate of drug-likeness (QED) is 0.855. The maximum Gasteiger partial charge on any atom is 0.253 e. The van der Waals surface area contributed by atoms with Crippen LogP contribution in [-0.4, -0.2) is 23.1 Å². The van der Waals surface area contributed by atoms with E-state index < -0.39 is 0 Å². The zero-order valence-corrected chi connectivity index (χ0v) is 10.9. The second kappa shape index (κ2) is 6.52. The molecule has 0 spiro atoms. The molecule has 1 aliphatic rings. The Bertz CT molecular complexity index is 461. The third-order valence-corrected chi connectivity index (χ3v) is 3.51. The molecule has 1 saturated carbocycles. The number of nitrogens with two attached hydrogens (primary N) is 1. The second-order valence-electron chi connectivity index (χ2n) is 5.00. The Morgan fingerprint density at radius 3 is 2.89 bits per heavy atom. The van der Waals surface area contributed by atoms with Crippen molar-refractivity contribution in [3.8, 4) is 0 Å². The van der Waals surface area contributed by atoms with Crippen LogP contribution in [-0.2, 0) is 6.54 Å². The molecular formula is C14H20FN3O. The summed E-state index contributed by atoms with van der Waals surface area (Å²) in [4.78, 5) is 12.0. The highest BCUT2D eigenvalue weighted by molar-refractivity contribution is 5.94. The average Bonchev–Trinajstić information content (AvgIpc) is 3.07. The van der Waals surface area contributed by atoms with E-state index in [1.165, 1.54) is 12.8 Å². The van der Waals surface area contributed by atoms with E-state index in [0.29, 0.717) is 30.1 Å². The Labute approximate surface area is 112 Å². The van der Waals surface area contributed by atoms with E-state index in [1.54, 1.807) is 23.0 Å². The largest absolute Gasteiger partial charge is 0.349 e. The first-order valence-corrected chi connectivity index (χ1v) is 6.67. The summed E-state index contributed by atoms with van der Waals surface area (Å²) >= 11 is 0. The van der Waals surface area contributed by atoms with Gasteiger partial charge in [0.2, 0.25) is 0 Å². The van der Waals surface area contributed by atoms with E-state index in [-0.39, 0.29) is 12.5 Å². The van der Waals surface area contributed by atoms with Gasteiger partial charge in [0.05, 0.1) is 11.9 Å². The Kier molecular flexibility index (Phi) is 4.74. The summed E-state index contributed by atoms with van der Waals surface area (Å²) in [5, 5.41) is 3.02. The molecule has 0 aromatic carbocycles. The Morgan fingerprint density at radius 1 is 1.53 bits per heavy atom. The van der Waals surface area contributed by atoms with Crippen molar-refractivity contribution in [3.05, 3.63) is 35.9 Å². The fourth-order valence-corrected chi connectivity index (χ4v) is 2.39. The van der Waals surface area contributed by atoms with Crippen LogP contribution < -0.4 is 11.1 Å². The van der Waals surface area contributed by atoms with E-state index in [2.05, 4.69) is 5.32 Å². The van der Waals surface area contributed by atoms with Crippen molar-refractivity contribution >= 4 is 5.91 Å². The molecule has 2 rings (SSSR count). The topological polar surface area (TPSA) is 60.0 Å². The normalized spacial score (nSPS) is 16.8. The first-order valence-electron chi connectivity index (χ1n) is 6.67. The van der Waals surface area contributed by atoms with Gasteiger partial charge in [-0.05, 0) is 24.5 Å². The lowest BCUT2D eigenvalue weighted by atomic mass is 10.2. The van der Waals surface area contributed by atoms with Gasteiger partial charge < -0.3 is 15.6 Å². The van der Waals surface area contributed by atoms with Gasteiger partial charge in [0, 0.05) is 31.5 Å². The van der Waals surface area contributed by atoms with E-state index in [9.17, 15) is 9.18 Å². The summed E-state index contributed by atoms with van der Waals surface area (Å²) in [7, 11) is 0. The summed E-state index contributed by atoms with van der Waals surface area (Å²) < 4.78 is 14.2. The summed E-state index contributed by atoms with van der Waals surface area (Å²) in [6.45, 7) is 0.558. The Hall–Kier alpha value is -1.62. The summed E-state index contributed by atoms with van der Waals surface area (Å²) in [5.74, 6) is -0.0517. The molecule has 1 aromatic rings. The second-order valence-corrected chi connectivity index (χ2v) is 5.00. The van der Waals surface area contributed by atoms with Crippen LogP contribution in [0, 0.1) is 0 Å². The molecule has 0 saturated heterocycles. The van der Waals surface area contributed by atoms with Crippen LogP contribution in [0.5, 0.6) is 0 Å². The fraction of sp³-hybridized carbons (Fsp3) is 0.500. The maximum atomic E-state index is 12.4. The predicted octanol–water partition coefficient (Wildman–Crippen LogP) is 1.97.